The summed E-state index contributed by atoms with van der Waals surface area (Å²) in [6.45, 7) is 0.534. The molecular formula is C12H18N2O4S. The van der Waals surface area contributed by atoms with E-state index in [0.717, 1.165) is 12.8 Å². The lowest BCUT2D eigenvalue weighted by Gasteiger charge is -2.47. The number of nitrogen functional groups attached to an aromatic ring is 1. The van der Waals surface area contributed by atoms with Crippen molar-refractivity contribution in [3.8, 4) is 0 Å². The number of anilines is 2. The van der Waals surface area contributed by atoms with Crippen molar-refractivity contribution in [3.05, 3.63) is 23.8 Å². The first-order chi connectivity index (χ1) is 8.94. The van der Waals surface area contributed by atoms with E-state index in [9.17, 15) is 13.9 Å². The fourth-order valence-electron chi connectivity index (χ4n) is 2.12. The number of carbonyl (C=O) groups is 1. The predicted octanol–water partition coefficient (Wildman–Crippen LogP) is 2.32. The Morgan fingerprint density at radius 3 is 2.74 bits per heavy atom. The van der Waals surface area contributed by atoms with Crippen molar-refractivity contribution in [2.45, 2.75) is 12.8 Å². The van der Waals surface area contributed by atoms with Gasteiger partial charge in [-0.15, -0.1) is 10.8 Å². The van der Waals surface area contributed by atoms with Crippen molar-refractivity contribution in [1.29, 1.82) is 0 Å². The maximum atomic E-state index is 11.5. The van der Waals surface area contributed by atoms with Crippen LogP contribution in [0.25, 0.3) is 0 Å². The molecule has 0 unspecified atom stereocenters. The minimum absolute atomic E-state index is 0.304. The average molecular weight is 286 g/mol. The summed E-state index contributed by atoms with van der Waals surface area (Å²) in [6, 6.07) is 4.71. The van der Waals surface area contributed by atoms with Crippen LogP contribution in [0.15, 0.2) is 18.2 Å². The molecule has 0 atom stereocenters. The number of esters is 1. The zero-order valence-corrected chi connectivity index (χ0v) is 11.5. The second kappa shape index (κ2) is 5.28. The van der Waals surface area contributed by atoms with Gasteiger partial charge in [0.2, 0.25) is 0 Å². The lowest BCUT2D eigenvalue weighted by atomic mass is 10.1. The second-order valence-corrected chi connectivity index (χ2v) is 6.56. The van der Waals surface area contributed by atoms with E-state index < -0.39 is 16.7 Å². The van der Waals surface area contributed by atoms with Gasteiger partial charge in [-0.1, -0.05) is 0 Å². The number of methoxy groups -OCH3 is 1. The quantitative estimate of drug-likeness (QED) is 0.570. The lowest BCUT2D eigenvalue weighted by Crippen LogP contribution is -2.34. The van der Waals surface area contributed by atoms with Crippen molar-refractivity contribution in [2.24, 2.45) is 0 Å². The van der Waals surface area contributed by atoms with Gasteiger partial charge in [0.1, 0.15) is 0 Å². The van der Waals surface area contributed by atoms with Gasteiger partial charge in [0, 0.05) is 12.2 Å². The molecule has 1 aliphatic heterocycles. The largest absolute Gasteiger partial charge is 0.465 e. The van der Waals surface area contributed by atoms with E-state index in [1.807, 2.05) is 0 Å². The van der Waals surface area contributed by atoms with Crippen molar-refractivity contribution in [3.63, 3.8) is 0 Å². The van der Waals surface area contributed by atoms with Gasteiger partial charge in [-0.25, -0.2) is 4.79 Å². The number of rotatable bonds is 2. The molecule has 7 heteroatoms. The van der Waals surface area contributed by atoms with Crippen LogP contribution in [0.1, 0.15) is 23.2 Å². The molecule has 0 aromatic heterocycles. The Kier molecular flexibility index (Phi) is 3.88. The van der Waals surface area contributed by atoms with Crippen LogP contribution in [-0.4, -0.2) is 34.5 Å². The highest BCUT2D eigenvalue weighted by Gasteiger charge is 2.27. The summed E-state index contributed by atoms with van der Waals surface area (Å²) in [5, 5.41) is 0. The summed E-state index contributed by atoms with van der Waals surface area (Å²) in [5.74, 6) is -0.155. The van der Waals surface area contributed by atoms with E-state index in [-0.39, 0.29) is 0 Å². The van der Waals surface area contributed by atoms with Crippen LogP contribution in [0.4, 0.5) is 11.4 Å². The van der Waals surface area contributed by atoms with Crippen LogP contribution in [0, 0.1) is 0 Å². The molecule has 106 valence electrons. The van der Waals surface area contributed by atoms with Gasteiger partial charge in [0.05, 0.1) is 24.1 Å². The Morgan fingerprint density at radius 2 is 2.11 bits per heavy atom. The summed E-state index contributed by atoms with van der Waals surface area (Å²) in [7, 11) is -1.53. The number of nitrogens with zero attached hydrogens (tertiary/aromatic N) is 1. The summed E-state index contributed by atoms with van der Waals surface area (Å²) < 4.78 is 26.3. The molecule has 1 aromatic carbocycles. The van der Waals surface area contributed by atoms with Crippen molar-refractivity contribution in [2.75, 3.05) is 29.4 Å². The lowest BCUT2D eigenvalue weighted by molar-refractivity contribution is 0.0601. The van der Waals surface area contributed by atoms with Crippen molar-refractivity contribution in [1.82, 2.24) is 0 Å². The third-order valence-corrected chi connectivity index (χ3v) is 4.97. The van der Waals surface area contributed by atoms with E-state index in [2.05, 4.69) is 4.74 Å². The molecule has 4 N–H and O–H groups in total. The molecule has 2 rings (SSSR count). The highest BCUT2D eigenvalue weighted by atomic mass is 32.3. The van der Waals surface area contributed by atoms with Crippen molar-refractivity contribution < 1.29 is 18.6 Å². The Morgan fingerprint density at radius 1 is 1.37 bits per heavy atom. The van der Waals surface area contributed by atoms with Gasteiger partial charge < -0.3 is 10.5 Å². The fourth-order valence-corrected chi connectivity index (χ4v) is 3.80. The number of hydrogen-bond donors (Lipinski definition) is 3. The zero-order chi connectivity index (χ0) is 14.0. The van der Waals surface area contributed by atoms with Gasteiger partial charge >= 0.3 is 5.97 Å². The number of hydrogen-bond acceptors (Lipinski definition) is 6. The SMILES string of the molecule is COC(=O)c1cc(N)cc(N2CCCCS2(O)O)c1. The van der Waals surface area contributed by atoms with Crippen molar-refractivity contribution >= 4 is 28.1 Å². The minimum Gasteiger partial charge on any atom is -0.465 e. The molecule has 0 aliphatic carbocycles. The molecule has 0 saturated carbocycles. The van der Waals surface area contributed by atoms with Gasteiger partial charge in [-0.2, -0.15) is 0 Å². The summed E-state index contributed by atoms with van der Waals surface area (Å²) in [6.07, 6.45) is 1.66. The summed E-state index contributed by atoms with van der Waals surface area (Å²) in [4.78, 5) is 11.5. The first kappa shape index (κ1) is 14.0. The Bertz CT molecular complexity index is 493. The molecule has 1 saturated heterocycles. The molecule has 0 amide bonds. The number of benzene rings is 1. The fraction of sp³-hybridized carbons (Fsp3) is 0.417. The molecule has 1 heterocycles. The summed E-state index contributed by atoms with van der Waals surface area (Å²) >= 11 is 0. The third kappa shape index (κ3) is 2.94. The van der Waals surface area contributed by atoms with Crippen LogP contribution in [0.5, 0.6) is 0 Å². The highest BCUT2D eigenvalue weighted by Crippen LogP contribution is 2.49. The molecule has 19 heavy (non-hydrogen) atoms. The van der Waals surface area contributed by atoms with Gasteiger partial charge in [0.15, 0.2) is 0 Å². The summed E-state index contributed by atoms with van der Waals surface area (Å²) in [5.41, 5.74) is 6.99. The predicted molar refractivity (Wildman–Crippen MR) is 76.5 cm³/mol. The third-order valence-electron chi connectivity index (χ3n) is 3.03. The Balaban J connectivity index is 2.38. The number of ether oxygens (including phenoxy) is 1. The van der Waals surface area contributed by atoms with E-state index in [0.29, 0.717) is 29.2 Å². The van der Waals surface area contributed by atoms with E-state index in [1.54, 1.807) is 12.1 Å². The molecule has 1 aliphatic rings. The maximum Gasteiger partial charge on any atom is 0.337 e. The highest BCUT2D eigenvalue weighted by molar-refractivity contribution is 8.25. The van der Waals surface area contributed by atoms with Crippen LogP contribution in [0.3, 0.4) is 0 Å². The average Bonchev–Trinajstić information content (AvgIpc) is 2.36. The van der Waals surface area contributed by atoms with Crippen LogP contribution in [0.2, 0.25) is 0 Å². The van der Waals surface area contributed by atoms with E-state index >= 15 is 0 Å². The van der Waals surface area contributed by atoms with Gasteiger partial charge in [0.25, 0.3) is 0 Å². The monoisotopic (exact) mass is 286 g/mol. The molecule has 0 spiro atoms. The number of nitrogens with two attached hydrogens (primary N) is 1. The molecular weight excluding hydrogens is 268 g/mol. The standard InChI is InChI=1S/C12H18N2O4S/c1-18-12(15)9-6-10(13)8-11(7-9)14-4-2-3-5-19(14,16)17/h6-8,16-17H,2-5,13H2,1H3. The van der Waals surface area contributed by atoms with Crippen LogP contribution >= 0.6 is 10.8 Å². The first-order valence-electron chi connectivity index (χ1n) is 5.96. The van der Waals surface area contributed by atoms with Gasteiger partial charge in [-0.05, 0) is 31.0 Å². The molecule has 6 nitrogen and oxygen atoms in total. The van der Waals surface area contributed by atoms with E-state index in [1.165, 1.54) is 17.5 Å². The molecule has 1 aromatic rings. The minimum atomic E-state index is -2.82. The van der Waals surface area contributed by atoms with Crippen LogP contribution < -0.4 is 10.0 Å². The normalized spacial score (nSPS) is 19.8. The molecule has 1 fully saturated rings. The second-order valence-electron chi connectivity index (χ2n) is 4.45. The zero-order valence-electron chi connectivity index (χ0n) is 10.7. The van der Waals surface area contributed by atoms with Gasteiger partial charge in [-0.3, -0.25) is 13.4 Å². The maximum absolute atomic E-state index is 11.5. The topological polar surface area (TPSA) is 96.0 Å². The Labute approximate surface area is 113 Å². The van der Waals surface area contributed by atoms with E-state index in [4.69, 9.17) is 5.73 Å². The van der Waals surface area contributed by atoms with Crippen LogP contribution in [-0.2, 0) is 4.74 Å². The molecule has 0 bridgehead atoms. The Hall–Kier alpha value is -1.44. The number of carbonyl (C=O) groups excluding carboxylic acids is 1. The molecule has 0 radical (unpaired) electrons. The first-order valence-corrected chi connectivity index (χ1v) is 7.64. The smallest absolute Gasteiger partial charge is 0.337 e.